The van der Waals surface area contributed by atoms with Crippen LogP contribution in [0.3, 0.4) is 0 Å². The molecule has 126 valence electrons. The minimum Gasteiger partial charge on any atom is -0.363 e. The fraction of sp³-hybridized carbons (Fsp3) is 0.353. The predicted octanol–water partition coefficient (Wildman–Crippen LogP) is 4.64. The van der Waals surface area contributed by atoms with Crippen molar-refractivity contribution in [3.8, 4) is 0 Å². The van der Waals surface area contributed by atoms with Crippen LogP contribution in [-0.4, -0.2) is 26.0 Å². The summed E-state index contributed by atoms with van der Waals surface area (Å²) in [5, 5.41) is 2.04. The highest BCUT2D eigenvalue weighted by molar-refractivity contribution is 6.30. The summed E-state index contributed by atoms with van der Waals surface area (Å²) in [6, 6.07) is 4.20. The van der Waals surface area contributed by atoms with Crippen molar-refractivity contribution in [2.45, 2.75) is 39.8 Å². The summed E-state index contributed by atoms with van der Waals surface area (Å²) in [7, 11) is 0. The molecule has 7 heteroatoms. The highest BCUT2D eigenvalue weighted by Gasteiger charge is 2.27. The number of nitrogens with one attached hydrogen (secondary N) is 1. The van der Waals surface area contributed by atoms with Gasteiger partial charge in [0, 0.05) is 36.2 Å². The fourth-order valence-corrected chi connectivity index (χ4v) is 3.42. The summed E-state index contributed by atoms with van der Waals surface area (Å²) in [6.45, 7) is 6.84. The molecule has 1 aliphatic heterocycles. The Morgan fingerprint density at radius 3 is 2.83 bits per heavy atom. The first kappa shape index (κ1) is 17.0. The van der Waals surface area contributed by atoms with Crippen LogP contribution in [0.1, 0.15) is 32.0 Å². The number of nitrogens with zero attached hydrogens (tertiary/aromatic N) is 4. The van der Waals surface area contributed by atoms with Gasteiger partial charge in [-0.15, -0.1) is 0 Å². The molecule has 1 unspecified atom stereocenters. The van der Waals surface area contributed by atoms with Crippen LogP contribution in [0.2, 0.25) is 10.3 Å². The number of hydrogen-bond donors (Lipinski definition) is 1. The lowest BCUT2D eigenvalue weighted by atomic mass is 10.00. The van der Waals surface area contributed by atoms with Gasteiger partial charge in [-0.25, -0.2) is 15.0 Å². The molecule has 5 nitrogen and oxygen atoms in total. The minimum atomic E-state index is 0.287. The molecule has 4 heterocycles. The molecule has 0 bridgehead atoms. The largest absolute Gasteiger partial charge is 0.363 e. The van der Waals surface area contributed by atoms with Crippen LogP contribution < -0.4 is 4.90 Å². The van der Waals surface area contributed by atoms with Gasteiger partial charge in [-0.05, 0) is 19.1 Å². The van der Waals surface area contributed by atoms with E-state index in [1.54, 1.807) is 0 Å². The van der Waals surface area contributed by atoms with Crippen molar-refractivity contribution in [3.05, 3.63) is 46.2 Å². The van der Waals surface area contributed by atoms with E-state index in [9.17, 15) is 0 Å². The molecule has 3 aromatic heterocycles. The molecule has 3 aromatic rings. The Bertz CT molecular complexity index is 861. The lowest BCUT2D eigenvalue weighted by molar-refractivity contribution is 0.580. The zero-order valence-electron chi connectivity index (χ0n) is 13.8. The van der Waals surface area contributed by atoms with Gasteiger partial charge < -0.3 is 9.88 Å². The van der Waals surface area contributed by atoms with Gasteiger partial charge in [-0.2, -0.15) is 0 Å². The smallest absolute Gasteiger partial charge is 0.141 e. The van der Waals surface area contributed by atoms with E-state index in [1.165, 1.54) is 6.33 Å². The molecule has 0 fully saturated rings. The average Bonchev–Trinajstić information content (AvgIpc) is 3.04. The average molecular weight is 364 g/mol. The van der Waals surface area contributed by atoms with Crippen molar-refractivity contribution >= 4 is 39.9 Å². The van der Waals surface area contributed by atoms with E-state index in [1.807, 2.05) is 32.2 Å². The SMILES string of the molecule is CC.CC1Cc2ncnc(Cl)c2CN1c1cc(Cl)nc2[nH]ccc12. The van der Waals surface area contributed by atoms with Crippen molar-refractivity contribution in [2.75, 3.05) is 4.90 Å². The van der Waals surface area contributed by atoms with Crippen LogP contribution in [0, 0.1) is 0 Å². The molecule has 0 aliphatic carbocycles. The van der Waals surface area contributed by atoms with Crippen molar-refractivity contribution in [1.29, 1.82) is 0 Å². The number of rotatable bonds is 1. The van der Waals surface area contributed by atoms with Crippen LogP contribution in [0.25, 0.3) is 11.0 Å². The van der Waals surface area contributed by atoms with Gasteiger partial charge in [0.15, 0.2) is 0 Å². The van der Waals surface area contributed by atoms with Gasteiger partial charge >= 0.3 is 0 Å². The molecule has 0 saturated heterocycles. The second-order valence-electron chi connectivity index (χ2n) is 5.47. The Labute approximate surface area is 151 Å². The molecular weight excluding hydrogens is 345 g/mol. The summed E-state index contributed by atoms with van der Waals surface area (Å²) >= 11 is 12.4. The third-order valence-corrected chi connectivity index (χ3v) is 4.64. The monoisotopic (exact) mass is 363 g/mol. The van der Waals surface area contributed by atoms with E-state index in [4.69, 9.17) is 23.2 Å². The number of anilines is 1. The third-order valence-electron chi connectivity index (χ3n) is 4.12. The molecule has 0 radical (unpaired) electrons. The zero-order valence-corrected chi connectivity index (χ0v) is 15.4. The maximum atomic E-state index is 6.25. The first-order valence-electron chi connectivity index (χ1n) is 8.02. The quantitative estimate of drug-likeness (QED) is 0.505. The molecular formula is C17H19Cl2N5. The first-order chi connectivity index (χ1) is 11.6. The molecule has 0 aromatic carbocycles. The Hall–Kier alpha value is -1.85. The molecule has 4 rings (SSSR count). The van der Waals surface area contributed by atoms with Crippen LogP contribution in [-0.2, 0) is 13.0 Å². The summed E-state index contributed by atoms with van der Waals surface area (Å²) in [5.74, 6) is 0. The summed E-state index contributed by atoms with van der Waals surface area (Å²) < 4.78 is 0. The Kier molecular flexibility index (Phi) is 4.92. The second-order valence-corrected chi connectivity index (χ2v) is 6.22. The summed E-state index contributed by atoms with van der Waals surface area (Å²) in [5.41, 5.74) is 3.85. The molecule has 1 N–H and O–H groups in total. The maximum absolute atomic E-state index is 6.25. The molecule has 0 spiro atoms. The van der Waals surface area contributed by atoms with Crippen LogP contribution in [0.15, 0.2) is 24.7 Å². The second kappa shape index (κ2) is 6.95. The number of pyridine rings is 1. The van der Waals surface area contributed by atoms with E-state index >= 15 is 0 Å². The van der Waals surface area contributed by atoms with Gasteiger partial charge in [0.05, 0.1) is 11.4 Å². The number of H-pyrrole nitrogens is 1. The maximum Gasteiger partial charge on any atom is 0.141 e. The molecule has 0 saturated carbocycles. The topological polar surface area (TPSA) is 57.7 Å². The van der Waals surface area contributed by atoms with E-state index in [0.717, 1.165) is 34.4 Å². The van der Waals surface area contributed by atoms with Crippen LogP contribution >= 0.6 is 23.2 Å². The lowest BCUT2D eigenvalue weighted by Gasteiger charge is -2.36. The van der Waals surface area contributed by atoms with Crippen molar-refractivity contribution in [1.82, 2.24) is 19.9 Å². The Morgan fingerprint density at radius 2 is 2.04 bits per heavy atom. The molecule has 1 atom stereocenters. The molecule has 1 aliphatic rings. The normalized spacial score (nSPS) is 16.5. The van der Waals surface area contributed by atoms with E-state index < -0.39 is 0 Å². The third kappa shape index (κ3) is 2.94. The molecule has 0 amide bonds. The minimum absolute atomic E-state index is 0.287. The van der Waals surface area contributed by atoms with Crippen molar-refractivity contribution in [3.63, 3.8) is 0 Å². The summed E-state index contributed by atoms with van der Waals surface area (Å²) in [6.07, 6.45) is 4.22. The Balaban J connectivity index is 0.000000815. The highest BCUT2D eigenvalue weighted by Crippen LogP contribution is 2.35. The number of aromatic nitrogens is 4. The number of aromatic amines is 1. The van der Waals surface area contributed by atoms with Crippen molar-refractivity contribution in [2.24, 2.45) is 0 Å². The number of fused-ring (bicyclic) bond motifs is 2. The Morgan fingerprint density at radius 1 is 1.25 bits per heavy atom. The standard InChI is InChI=1S/C15H13Cl2N5.C2H6/c1-8-4-11-10(14(17)20-7-19-11)6-22(8)12-5-13(16)21-15-9(12)2-3-18-15;1-2/h2-3,5,7-8H,4,6H2,1H3,(H,18,21);1-2H3. The molecule has 24 heavy (non-hydrogen) atoms. The number of hydrogen-bond acceptors (Lipinski definition) is 4. The van der Waals surface area contributed by atoms with Gasteiger partial charge in [0.25, 0.3) is 0 Å². The van der Waals surface area contributed by atoms with Gasteiger partial charge in [0.2, 0.25) is 0 Å². The van der Waals surface area contributed by atoms with Gasteiger partial charge in [-0.3, -0.25) is 0 Å². The van der Waals surface area contributed by atoms with E-state index in [2.05, 4.69) is 31.8 Å². The van der Waals surface area contributed by atoms with E-state index in [-0.39, 0.29) is 6.04 Å². The summed E-state index contributed by atoms with van der Waals surface area (Å²) in [4.78, 5) is 18.2. The fourth-order valence-electron chi connectivity index (χ4n) is 3.02. The first-order valence-corrected chi connectivity index (χ1v) is 8.77. The van der Waals surface area contributed by atoms with Gasteiger partial charge in [-0.1, -0.05) is 37.0 Å². The number of halogens is 2. The zero-order chi connectivity index (χ0) is 17.3. The van der Waals surface area contributed by atoms with Crippen LogP contribution in [0.5, 0.6) is 0 Å². The van der Waals surface area contributed by atoms with Crippen molar-refractivity contribution < 1.29 is 0 Å². The van der Waals surface area contributed by atoms with E-state index in [0.29, 0.717) is 16.9 Å². The van der Waals surface area contributed by atoms with Gasteiger partial charge in [0.1, 0.15) is 22.3 Å². The highest BCUT2D eigenvalue weighted by atomic mass is 35.5. The predicted molar refractivity (Wildman–Crippen MR) is 98.8 cm³/mol. The lowest BCUT2D eigenvalue weighted by Crippen LogP contribution is -2.39. The van der Waals surface area contributed by atoms with Crippen LogP contribution in [0.4, 0.5) is 5.69 Å².